The van der Waals surface area contributed by atoms with Gasteiger partial charge >= 0.3 is 0 Å². The fourth-order valence-corrected chi connectivity index (χ4v) is 3.44. The van der Waals surface area contributed by atoms with Crippen LogP contribution in [0.3, 0.4) is 0 Å². The topological polar surface area (TPSA) is 85.1 Å². The monoisotopic (exact) mass is 343 g/mol. The maximum atomic E-state index is 12.3. The summed E-state index contributed by atoms with van der Waals surface area (Å²) in [6, 6.07) is 10.7. The quantitative estimate of drug-likeness (QED) is 0.696. The Hall–Kier alpha value is -3.00. The number of nitrogens with one attached hydrogen (secondary N) is 1. The van der Waals surface area contributed by atoms with Gasteiger partial charge in [-0.2, -0.15) is 0 Å². The third-order valence-electron chi connectivity index (χ3n) is 3.70. The first-order valence-electron chi connectivity index (χ1n) is 7.15. The van der Waals surface area contributed by atoms with Crippen molar-refractivity contribution in [2.75, 3.05) is 6.79 Å². The van der Waals surface area contributed by atoms with Gasteiger partial charge in [0.2, 0.25) is 11.6 Å². The summed E-state index contributed by atoms with van der Waals surface area (Å²) in [4.78, 5) is 12.9. The minimum atomic E-state index is -0.525. The van der Waals surface area contributed by atoms with E-state index in [2.05, 4.69) is 10.5 Å². The number of phenols is 1. The van der Waals surface area contributed by atoms with Crippen LogP contribution in [0.4, 0.5) is 0 Å². The molecule has 0 saturated carbocycles. The number of carbonyl (C=O) groups is 1. The standard InChI is InChI=1S/C16H13N3O4S/c1-19-10-4-2-3-5-14(10)24-16(19)18-17-15(21)9-6-12-13(7-11(9)20)23-8-22-12/h2-7,20H,8H2,1H3,(H,17,21)/b18-16-. The molecule has 7 nitrogen and oxygen atoms in total. The number of phenolic OH excluding ortho intramolecular Hbond substituents is 1. The van der Waals surface area contributed by atoms with Crippen LogP contribution in [0.2, 0.25) is 0 Å². The number of aryl methyl sites for hydroxylation is 1. The lowest BCUT2D eigenvalue weighted by Gasteiger charge is -2.04. The zero-order chi connectivity index (χ0) is 16.7. The zero-order valence-electron chi connectivity index (χ0n) is 12.6. The molecular weight excluding hydrogens is 330 g/mol. The van der Waals surface area contributed by atoms with E-state index in [9.17, 15) is 9.90 Å². The minimum Gasteiger partial charge on any atom is -0.507 e. The molecule has 2 aromatic carbocycles. The van der Waals surface area contributed by atoms with Crippen LogP contribution in [-0.4, -0.2) is 22.4 Å². The van der Waals surface area contributed by atoms with Crippen LogP contribution in [0, 0.1) is 0 Å². The van der Waals surface area contributed by atoms with Crippen molar-refractivity contribution in [3.8, 4) is 17.2 Å². The highest BCUT2D eigenvalue weighted by Gasteiger charge is 2.20. The van der Waals surface area contributed by atoms with Gasteiger partial charge in [-0.1, -0.05) is 23.5 Å². The molecule has 0 atom stereocenters. The smallest absolute Gasteiger partial charge is 0.275 e. The normalized spacial score (nSPS) is 13.5. The molecule has 0 saturated heterocycles. The van der Waals surface area contributed by atoms with Gasteiger partial charge in [-0.3, -0.25) is 4.79 Å². The van der Waals surface area contributed by atoms with E-state index in [1.165, 1.54) is 23.5 Å². The molecule has 1 aliphatic heterocycles. The number of aromatic nitrogens is 1. The predicted molar refractivity (Wildman–Crippen MR) is 88.1 cm³/mol. The summed E-state index contributed by atoms with van der Waals surface area (Å²) in [5.41, 5.74) is 3.57. The highest BCUT2D eigenvalue weighted by Crippen LogP contribution is 2.37. The molecule has 2 N–H and O–H groups in total. The Labute approximate surface area is 140 Å². The average Bonchev–Trinajstić information content (AvgIpc) is 3.16. The first kappa shape index (κ1) is 14.6. The van der Waals surface area contributed by atoms with E-state index >= 15 is 0 Å². The number of rotatable bonds is 2. The molecule has 1 aromatic heterocycles. The molecule has 2 heterocycles. The summed E-state index contributed by atoms with van der Waals surface area (Å²) in [5.74, 6) is 0.123. The Morgan fingerprint density at radius 3 is 2.83 bits per heavy atom. The highest BCUT2D eigenvalue weighted by molar-refractivity contribution is 7.16. The number of para-hydroxylation sites is 1. The molecule has 0 fully saturated rings. The fraction of sp³-hybridized carbons (Fsp3) is 0.125. The lowest BCUT2D eigenvalue weighted by Crippen LogP contribution is -2.23. The summed E-state index contributed by atoms with van der Waals surface area (Å²) in [6.07, 6.45) is 0. The van der Waals surface area contributed by atoms with Gasteiger partial charge in [0.1, 0.15) is 5.75 Å². The number of thiazole rings is 1. The van der Waals surface area contributed by atoms with Gasteiger partial charge in [-0.25, -0.2) is 5.43 Å². The molecule has 0 aliphatic carbocycles. The lowest BCUT2D eigenvalue weighted by molar-refractivity contribution is 0.0950. The van der Waals surface area contributed by atoms with E-state index in [0.29, 0.717) is 16.3 Å². The van der Waals surface area contributed by atoms with Crippen molar-refractivity contribution < 1.29 is 19.4 Å². The van der Waals surface area contributed by atoms with Crippen molar-refractivity contribution in [2.45, 2.75) is 0 Å². The average molecular weight is 343 g/mol. The third kappa shape index (κ3) is 2.37. The molecule has 4 rings (SSSR count). The minimum absolute atomic E-state index is 0.0713. The molecule has 24 heavy (non-hydrogen) atoms. The Bertz CT molecular complexity index is 1020. The number of hydrogen-bond acceptors (Lipinski definition) is 6. The van der Waals surface area contributed by atoms with Crippen molar-refractivity contribution in [3.63, 3.8) is 0 Å². The lowest BCUT2D eigenvalue weighted by atomic mass is 10.1. The summed E-state index contributed by atoms with van der Waals surface area (Å²) in [6.45, 7) is 0.0713. The number of aromatic hydroxyl groups is 1. The number of hydrogen-bond donors (Lipinski definition) is 2. The Balaban J connectivity index is 1.66. The Morgan fingerprint density at radius 2 is 2.04 bits per heavy atom. The molecule has 1 amide bonds. The molecule has 3 aromatic rings. The number of nitrogens with zero attached hydrogens (tertiary/aromatic N) is 2. The van der Waals surface area contributed by atoms with Crippen LogP contribution in [0.25, 0.3) is 10.2 Å². The molecule has 1 aliphatic rings. The molecule has 0 unspecified atom stereocenters. The summed E-state index contributed by atoms with van der Waals surface area (Å²) < 4.78 is 13.3. The van der Waals surface area contributed by atoms with E-state index in [-0.39, 0.29) is 18.1 Å². The maximum Gasteiger partial charge on any atom is 0.275 e. The van der Waals surface area contributed by atoms with Crippen LogP contribution in [0.15, 0.2) is 41.5 Å². The highest BCUT2D eigenvalue weighted by atomic mass is 32.1. The predicted octanol–water partition coefficient (Wildman–Crippen LogP) is 1.92. The van der Waals surface area contributed by atoms with Gasteiger partial charge in [0.25, 0.3) is 5.91 Å². The summed E-state index contributed by atoms with van der Waals surface area (Å²) in [5, 5.41) is 14.1. The fourth-order valence-electron chi connectivity index (χ4n) is 2.46. The maximum absolute atomic E-state index is 12.3. The molecule has 0 bridgehead atoms. The molecule has 0 radical (unpaired) electrons. The number of benzene rings is 2. The van der Waals surface area contributed by atoms with Gasteiger partial charge in [0.15, 0.2) is 11.5 Å². The first-order valence-corrected chi connectivity index (χ1v) is 7.96. The molecule has 122 valence electrons. The number of fused-ring (bicyclic) bond motifs is 2. The SMILES string of the molecule is Cn1/c(=N/NC(=O)c2cc3c(cc2O)OCO3)sc2ccccc21. The van der Waals surface area contributed by atoms with Gasteiger partial charge in [-0.15, -0.1) is 5.10 Å². The Kier molecular flexibility index (Phi) is 3.39. The Morgan fingerprint density at radius 1 is 1.29 bits per heavy atom. The second kappa shape index (κ2) is 5.57. The van der Waals surface area contributed by atoms with Crippen LogP contribution in [0.1, 0.15) is 10.4 Å². The van der Waals surface area contributed by atoms with Gasteiger partial charge in [-0.05, 0) is 12.1 Å². The van der Waals surface area contributed by atoms with Crippen molar-refractivity contribution >= 4 is 27.5 Å². The summed E-state index contributed by atoms with van der Waals surface area (Å²) in [7, 11) is 1.88. The molecule has 8 heteroatoms. The van der Waals surface area contributed by atoms with Crippen LogP contribution in [0.5, 0.6) is 17.2 Å². The van der Waals surface area contributed by atoms with E-state index in [1.54, 1.807) is 0 Å². The zero-order valence-corrected chi connectivity index (χ0v) is 13.5. The first-order chi connectivity index (χ1) is 11.6. The second-order valence-corrected chi connectivity index (χ2v) is 6.20. The van der Waals surface area contributed by atoms with Crippen LogP contribution >= 0.6 is 11.3 Å². The van der Waals surface area contributed by atoms with Crippen LogP contribution < -0.4 is 19.7 Å². The van der Waals surface area contributed by atoms with Crippen LogP contribution in [-0.2, 0) is 7.05 Å². The van der Waals surface area contributed by atoms with Gasteiger partial charge in [0, 0.05) is 19.2 Å². The van der Waals surface area contributed by atoms with E-state index in [4.69, 9.17) is 9.47 Å². The van der Waals surface area contributed by atoms with Gasteiger partial charge in [0.05, 0.1) is 15.8 Å². The van der Waals surface area contributed by atoms with E-state index < -0.39 is 5.91 Å². The van der Waals surface area contributed by atoms with E-state index in [1.807, 2.05) is 35.9 Å². The van der Waals surface area contributed by atoms with Crippen molar-refractivity contribution in [1.82, 2.24) is 9.99 Å². The number of carbonyl (C=O) groups excluding carboxylic acids is 1. The molecular formula is C16H13N3O4S. The number of amides is 1. The second-order valence-electron chi connectivity index (χ2n) is 5.19. The molecule has 0 spiro atoms. The van der Waals surface area contributed by atoms with Crippen molar-refractivity contribution in [3.05, 3.63) is 46.8 Å². The summed E-state index contributed by atoms with van der Waals surface area (Å²) >= 11 is 1.46. The number of ether oxygens (including phenoxy) is 2. The largest absolute Gasteiger partial charge is 0.507 e. The third-order valence-corrected chi connectivity index (χ3v) is 4.82. The van der Waals surface area contributed by atoms with Crippen molar-refractivity contribution in [2.24, 2.45) is 12.1 Å². The van der Waals surface area contributed by atoms with E-state index in [0.717, 1.165) is 10.2 Å². The van der Waals surface area contributed by atoms with Gasteiger partial charge < -0.3 is 19.1 Å². The van der Waals surface area contributed by atoms with Crippen molar-refractivity contribution in [1.29, 1.82) is 0 Å².